The summed E-state index contributed by atoms with van der Waals surface area (Å²) < 4.78 is 2.66. The second-order valence-corrected chi connectivity index (χ2v) is 5.16. The van der Waals surface area contributed by atoms with E-state index in [9.17, 15) is 9.90 Å². The summed E-state index contributed by atoms with van der Waals surface area (Å²) in [5.74, 6) is -0.763. The summed E-state index contributed by atoms with van der Waals surface area (Å²) in [4.78, 5) is 11.2. The Labute approximate surface area is 104 Å². The maximum absolute atomic E-state index is 11.2. The molecule has 1 heterocycles. The van der Waals surface area contributed by atoms with Crippen molar-refractivity contribution in [3.63, 3.8) is 0 Å². The maximum atomic E-state index is 11.2. The minimum atomic E-state index is -0.763. The number of halogens is 1. The molecule has 1 aromatic heterocycles. The van der Waals surface area contributed by atoms with Crippen LogP contribution in [0, 0.1) is 12.3 Å². The molecule has 0 aliphatic rings. The van der Waals surface area contributed by atoms with E-state index in [1.807, 2.05) is 20.9 Å². The molecule has 0 bridgehead atoms. The van der Waals surface area contributed by atoms with E-state index in [0.29, 0.717) is 12.8 Å². The molecule has 0 saturated carbocycles. The highest BCUT2D eigenvalue weighted by molar-refractivity contribution is 9.10. The lowest BCUT2D eigenvalue weighted by Gasteiger charge is -2.23. The molecule has 0 spiro atoms. The first-order valence-corrected chi connectivity index (χ1v) is 6.02. The van der Waals surface area contributed by atoms with E-state index in [1.165, 1.54) is 0 Å². The predicted octanol–water partition coefficient (Wildman–Crippen LogP) is 2.53. The lowest BCUT2D eigenvalue weighted by molar-refractivity contribution is -0.148. The van der Waals surface area contributed by atoms with Gasteiger partial charge in [0.2, 0.25) is 0 Å². The molecule has 1 N–H and O–H groups in total. The van der Waals surface area contributed by atoms with Crippen LogP contribution >= 0.6 is 15.9 Å². The molecule has 1 rings (SSSR count). The smallest absolute Gasteiger partial charge is 0.309 e. The average Bonchev–Trinajstić information content (AvgIpc) is 2.44. The van der Waals surface area contributed by atoms with Gasteiger partial charge in [0.05, 0.1) is 21.3 Å². The molecule has 16 heavy (non-hydrogen) atoms. The fourth-order valence-electron chi connectivity index (χ4n) is 1.59. The standard InChI is InChI=1S/C11H17BrN2O2/c1-5-11(3,10(15)16)6-8-9(12)7(2)13-14(8)4/h5-6H2,1-4H3,(H,15,16). The minimum Gasteiger partial charge on any atom is -0.481 e. The molecule has 0 radical (unpaired) electrons. The normalized spacial score (nSPS) is 14.8. The first-order valence-electron chi connectivity index (χ1n) is 5.23. The van der Waals surface area contributed by atoms with E-state index in [2.05, 4.69) is 21.0 Å². The van der Waals surface area contributed by atoms with Crippen LogP contribution in [-0.2, 0) is 18.3 Å². The quantitative estimate of drug-likeness (QED) is 0.926. The van der Waals surface area contributed by atoms with Crippen molar-refractivity contribution in [3.8, 4) is 0 Å². The summed E-state index contributed by atoms with van der Waals surface area (Å²) >= 11 is 3.46. The second kappa shape index (κ2) is 4.57. The zero-order valence-corrected chi connectivity index (χ0v) is 11.6. The van der Waals surface area contributed by atoms with E-state index in [1.54, 1.807) is 11.6 Å². The fraction of sp³-hybridized carbons (Fsp3) is 0.636. The van der Waals surface area contributed by atoms with Crippen molar-refractivity contribution in [1.29, 1.82) is 0 Å². The van der Waals surface area contributed by atoms with E-state index in [0.717, 1.165) is 15.9 Å². The number of carboxylic acids is 1. The summed E-state index contributed by atoms with van der Waals surface area (Å²) in [5, 5.41) is 13.5. The number of nitrogens with zero attached hydrogens (tertiary/aromatic N) is 2. The van der Waals surface area contributed by atoms with Gasteiger partial charge in [-0.2, -0.15) is 5.10 Å². The van der Waals surface area contributed by atoms with Gasteiger partial charge < -0.3 is 5.11 Å². The van der Waals surface area contributed by atoms with Gasteiger partial charge in [0.25, 0.3) is 0 Å². The molecule has 0 aliphatic carbocycles. The van der Waals surface area contributed by atoms with Crippen LogP contribution in [-0.4, -0.2) is 20.9 Å². The van der Waals surface area contributed by atoms with Crippen LogP contribution in [0.4, 0.5) is 0 Å². The van der Waals surface area contributed by atoms with Crippen molar-refractivity contribution in [2.75, 3.05) is 0 Å². The Morgan fingerprint density at radius 2 is 2.19 bits per heavy atom. The molecule has 0 saturated heterocycles. The molecule has 0 fully saturated rings. The van der Waals surface area contributed by atoms with Crippen LogP contribution in [0.5, 0.6) is 0 Å². The van der Waals surface area contributed by atoms with E-state index < -0.39 is 11.4 Å². The monoisotopic (exact) mass is 288 g/mol. The number of aromatic nitrogens is 2. The van der Waals surface area contributed by atoms with Crippen LogP contribution in [0.25, 0.3) is 0 Å². The molecule has 5 heteroatoms. The number of carbonyl (C=O) groups is 1. The van der Waals surface area contributed by atoms with Gasteiger partial charge in [-0.05, 0) is 36.2 Å². The molecular weight excluding hydrogens is 272 g/mol. The molecule has 1 atom stereocenters. The second-order valence-electron chi connectivity index (χ2n) is 4.37. The van der Waals surface area contributed by atoms with Gasteiger partial charge >= 0.3 is 5.97 Å². The molecule has 0 amide bonds. The zero-order valence-electron chi connectivity index (χ0n) is 10.0. The zero-order chi connectivity index (χ0) is 12.5. The van der Waals surface area contributed by atoms with Crippen molar-refractivity contribution < 1.29 is 9.90 Å². The summed E-state index contributed by atoms with van der Waals surface area (Å²) in [6.45, 7) is 5.56. The Morgan fingerprint density at radius 1 is 1.62 bits per heavy atom. The van der Waals surface area contributed by atoms with Crippen LogP contribution in [0.15, 0.2) is 4.47 Å². The third-order valence-electron chi connectivity index (χ3n) is 3.12. The molecular formula is C11H17BrN2O2. The van der Waals surface area contributed by atoms with Gasteiger partial charge in [-0.15, -0.1) is 0 Å². The Hall–Kier alpha value is -0.840. The molecule has 1 unspecified atom stereocenters. The number of rotatable bonds is 4. The topological polar surface area (TPSA) is 55.1 Å². The minimum absolute atomic E-state index is 0.483. The molecule has 0 aromatic carbocycles. The van der Waals surface area contributed by atoms with E-state index >= 15 is 0 Å². The molecule has 0 aliphatic heterocycles. The highest BCUT2D eigenvalue weighted by Crippen LogP contribution is 2.31. The van der Waals surface area contributed by atoms with Crippen molar-refractivity contribution in [1.82, 2.24) is 9.78 Å². The fourth-order valence-corrected chi connectivity index (χ4v) is 2.07. The number of aryl methyl sites for hydroxylation is 2. The summed E-state index contributed by atoms with van der Waals surface area (Å²) in [6.07, 6.45) is 1.08. The first kappa shape index (κ1) is 13.2. The van der Waals surface area contributed by atoms with E-state index in [4.69, 9.17) is 0 Å². The van der Waals surface area contributed by atoms with Crippen LogP contribution in [0.2, 0.25) is 0 Å². The summed E-state index contributed by atoms with van der Waals surface area (Å²) in [7, 11) is 1.84. The third-order valence-corrected chi connectivity index (χ3v) is 4.15. The summed E-state index contributed by atoms with van der Waals surface area (Å²) in [5.41, 5.74) is 1.09. The van der Waals surface area contributed by atoms with Gasteiger partial charge in [-0.3, -0.25) is 9.48 Å². The highest BCUT2D eigenvalue weighted by Gasteiger charge is 2.33. The largest absolute Gasteiger partial charge is 0.481 e. The maximum Gasteiger partial charge on any atom is 0.309 e. The molecule has 4 nitrogen and oxygen atoms in total. The Morgan fingerprint density at radius 3 is 2.50 bits per heavy atom. The number of carboxylic acid groups (broad SMARTS) is 1. The number of hydrogen-bond donors (Lipinski definition) is 1. The van der Waals surface area contributed by atoms with Crippen LogP contribution in [0.3, 0.4) is 0 Å². The predicted molar refractivity (Wildman–Crippen MR) is 65.4 cm³/mol. The van der Waals surface area contributed by atoms with Gasteiger partial charge in [-0.25, -0.2) is 0 Å². The lowest BCUT2D eigenvalue weighted by Crippen LogP contribution is -2.30. The Kier molecular flexibility index (Phi) is 3.78. The van der Waals surface area contributed by atoms with Crippen molar-refractivity contribution in [2.24, 2.45) is 12.5 Å². The van der Waals surface area contributed by atoms with Crippen molar-refractivity contribution in [2.45, 2.75) is 33.6 Å². The Balaban J connectivity index is 3.08. The molecule has 90 valence electrons. The lowest BCUT2D eigenvalue weighted by atomic mass is 9.83. The first-order chi connectivity index (χ1) is 7.31. The summed E-state index contributed by atoms with van der Waals surface area (Å²) in [6, 6.07) is 0. The van der Waals surface area contributed by atoms with Gasteiger partial charge in [0, 0.05) is 13.5 Å². The number of hydrogen-bond acceptors (Lipinski definition) is 2. The van der Waals surface area contributed by atoms with Gasteiger partial charge in [0.15, 0.2) is 0 Å². The van der Waals surface area contributed by atoms with Crippen molar-refractivity contribution >= 4 is 21.9 Å². The van der Waals surface area contributed by atoms with E-state index in [-0.39, 0.29) is 0 Å². The highest BCUT2D eigenvalue weighted by atomic mass is 79.9. The van der Waals surface area contributed by atoms with Crippen molar-refractivity contribution in [3.05, 3.63) is 15.9 Å². The number of aliphatic carboxylic acids is 1. The van der Waals surface area contributed by atoms with Crippen LogP contribution in [0.1, 0.15) is 31.7 Å². The third kappa shape index (κ3) is 2.29. The Bertz CT molecular complexity index is 414. The van der Waals surface area contributed by atoms with Gasteiger partial charge in [0.1, 0.15) is 0 Å². The van der Waals surface area contributed by atoms with Gasteiger partial charge in [-0.1, -0.05) is 6.92 Å². The molecule has 1 aromatic rings. The average molecular weight is 289 g/mol. The SMILES string of the molecule is CCC(C)(Cc1c(Br)c(C)nn1C)C(=O)O. The van der Waals surface area contributed by atoms with Crippen LogP contribution < -0.4 is 0 Å².